The van der Waals surface area contributed by atoms with Gasteiger partial charge in [-0.3, -0.25) is 4.79 Å². The van der Waals surface area contributed by atoms with E-state index in [1.165, 1.54) is 0 Å². The number of halogens is 2. The summed E-state index contributed by atoms with van der Waals surface area (Å²) in [5.74, 6) is 0.0161. The second-order valence-corrected chi connectivity index (χ2v) is 6.90. The molecule has 2 aromatic carbocycles. The highest BCUT2D eigenvalue weighted by molar-refractivity contribution is 8.00. The monoisotopic (exact) mass is 353 g/mol. The van der Waals surface area contributed by atoms with E-state index in [9.17, 15) is 4.79 Å². The fourth-order valence-electron chi connectivity index (χ4n) is 1.94. The zero-order valence-corrected chi connectivity index (χ0v) is 14.5. The average Bonchev–Trinajstić information content (AvgIpc) is 2.53. The lowest BCUT2D eigenvalue weighted by Crippen LogP contribution is -2.31. The molecule has 0 aliphatic heterocycles. The summed E-state index contributed by atoms with van der Waals surface area (Å²) in [5, 5.41) is 4.18. The van der Waals surface area contributed by atoms with E-state index >= 15 is 0 Å². The van der Waals surface area contributed by atoms with Crippen molar-refractivity contribution in [2.24, 2.45) is 0 Å². The second-order valence-electron chi connectivity index (χ2n) is 4.78. The van der Waals surface area contributed by atoms with Crippen LogP contribution in [0, 0.1) is 0 Å². The maximum Gasteiger partial charge on any atom is 0.233 e. The Kier molecular flexibility index (Phi) is 6.62. The van der Waals surface area contributed by atoms with Gasteiger partial charge in [0.15, 0.2) is 0 Å². The molecule has 0 radical (unpaired) electrons. The Balaban J connectivity index is 1.94. The van der Waals surface area contributed by atoms with Crippen molar-refractivity contribution in [1.29, 1.82) is 0 Å². The topological polar surface area (TPSA) is 29.1 Å². The van der Waals surface area contributed by atoms with Crippen LogP contribution in [0.1, 0.15) is 18.9 Å². The highest BCUT2D eigenvalue weighted by Gasteiger charge is 2.17. The molecule has 116 valence electrons. The third kappa shape index (κ3) is 4.94. The number of amides is 1. The number of hydrogen-bond donors (Lipinski definition) is 1. The number of hydrogen-bond acceptors (Lipinski definition) is 2. The summed E-state index contributed by atoms with van der Waals surface area (Å²) in [5.41, 5.74) is 0.920. The molecule has 0 heterocycles. The molecule has 5 heteroatoms. The Bertz CT molecular complexity index is 631. The van der Waals surface area contributed by atoms with Gasteiger partial charge < -0.3 is 5.32 Å². The van der Waals surface area contributed by atoms with Crippen molar-refractivity contribution in [2.45, 2.75) is 30.0 Å². The fourth-order valence-corrected chi connectivity index (χ4v) is 3.24. The fraction of sp³-hybridized carbons (Fsp3) is 0.235. The van der Waals surface area contributed by atoms with E-state index in [1.807, 2.05) is 55.5 Å². The van der Waals surface area contributed by atoms with Crippen LogP contribution in [0.2, 0.25) is 10.0 Å². The summed E-state index contributed by atoms with van der Waals surface area (Å²) in [6.45, 7) is 2.44. The summed E-state index contributed by atoms with van der Waals surface area (Å²) in [6.07, 6.45) is 0.752. The van der Waals surface area contributed by atoms with Crippen LogP contribution in [0.15, 0.2) is 53.4 Å². The third-order valence-electron chi connectivity index (χ3n) is 3.17. The van der Waals surface area contributed by atoms with Gasteiger partial charge >= 0.3 is 0 Å². The zero-order valence-electron chi connectivity index (χ0n) is 12.2. The van der Waals surface area contributed by atoms with Crippen LogP contribution in [0.3, 0.4) is 0 Å². The molecule has 0 aliphatic rings. The smallest absolute Gasteiger partial charge is 0.233 e. The first-order valence-corrected chi connectivity index (χ1v) is 8.67. The molecule has 0 bridgehead atoms. The number of rotatable bonds is 6. The van der Waals surface area contributed by atoms with Crippen molar-refractivity contribution in [3.63, 3.8) is 0 Å². The van der Waals surface area contributed by atoms with E-state index in [1.54, 1.807) is 11.8 Å². The SMILES string of the molecule is CC[C@@H](Sc1ccc(Cl)cc1)C(=O)NCc1ccccc1Cl. The number of thioether (sulfide) groups is 1. The number of nitrogens with one attached hydrogen (secondary N) is 1. The molecule has 0 aromatic heterocycles. The van der Waals surface area contributed by atoms with E-state index in [0.29, 0.717) is 16.6 Å². The van der Waals surface area contributed by atoms with Gasteiger partial charge in [0.05, 0.1) is 5.25 Å². The van der Waals surface area contributed by atoms with Crippen LogP contribution >= 0.6 is 35.0 Å². The zero-order chi connectivity index (χ0) is 15.9. The Morgan fingerprint density at radius 1 is 1.14 bits per heavy atom. The maximum atomic E-state index is 12.3. The first kappa shape index (κ1) is 17.2. The summed E-state index contributed by atoms with van der Waals surface area (Å²) in [4.78, 5) is 13.4. The molecule has 2 aromatic rings. The van der Waals surface area contributed by atoms with Gasteiger partial charge in [0.1, 0.15) is 0 Å². The molecule has 2 rings (SSSR count). The average molecular weight is 354 g/mol. The highest BCUT2D eigenvalue weighted by atomic mass is 35.5. The van der Waals surface area contributed by atoms with Crippen molar-refractivity contribution in [2.75, 3.05) is 0 Å². The van der Waals surface area contributed by atoms with E-state index < -0.39 is 0 Å². The lowest BCUT2D eigenvalue weighted by atomic mass is 10.2. The molecule has 0 saturated heterocycles. The summed E-state index contributed by atoms with van der Waals surface area (Å²) in [7, 11) is 0. The van der Waals surface area contributed by atoms with Crippen molar-refractivity contribution >= 4 is 40.9 Å². The molecule has 1 amide bonds. The molecular formula is C17H17Cl2NOS. The Morgan fingerprint density at radius 2 is 1.82 bits per heavy atom. The van der Waals surface area contributed by atoms with Crippen LogP contribution in [-0.4, -0.2) is 11.2 Å². The van der Waals surface area contributed by atoms with Crippen molar-refractivity contribution < 1.29 is 4.79 Å². The number of carbonyl (C=O) groups is 1. The van der Waals surface area contributed by atoms with Crippen LogP contribution < -0.4 is 5.32 Å². The first-order valence-electron chi connectivity index (χ1n) is 7.03. The first-order chi connectivity index (χ1) is 10.6. The predicted molar refractivity (Wildman–Crippen MR) is 94.7 cm³/mol. The molecular weight excluding hydrogens is 337 g/mol. The summed E-state index contributed by atoms with van der Waals surface area (Å²) < 4.78 is 0. The molecule has 1 atom stereocenters. The van der Waals surface area contributed by atoms with E-state index in [-0.39, 0.29) is 11.2 Å². The van der Waals surface area contributed by atoms with Gasteiger partial charge in [-0.2, -0.15) is 0 Å². The van der Waals surface area contributed by atoms with Gasteiger partial charge in [-0.1, -0.05) is 48.3 Å². The van der Waals surface area contributed by atoms with Gasteiger partial charge in [-0.25, -0.2) is 0 Å². The molecule has 0 saturated carbocycles. The van der Waals surface area contributed by atoms with Crippen molar-refractivity contribution in [3.05, 3.63) is 64.1 Å². The molecule has 0 aliphatic carbocycles. The molecule has 0 unspecified atom stereocenters. The van der Waals surface area contributed by atoms with Gasteiger partial charge in [-0.05, 0) is 42.3 Å². The Hall–Kier alpha value is -1.16. The van der Waals surface area contributed by atoms with Crippen LogP contribution in [0.4, 0.5) is 0 Å². The van der Waals surface area contributed by atoms with E-state index in [4.69, 9.17) is 23.2 Å². The molecule has 2 nitrogen and oxygen atoms in total. The quantitative estimate of drug-likeness (QED) is 0.724. The summed E-state index contributed by atoms with van der Waals surface area (Å²) >= 11 is 13.5. The van der Waals surface area contributed by atoms with Crippen LogP contribution in [0.5, 0.6) is 0 Å². The van der Waals surface area contributed by atoms with Crippen LogP contribution in [0.25, 0.3) is 0 Å². The van der Waals surface area contributed by atoms with Gasteiger partial charge in [0.25, 0.3) is 0 Å². The maximum absolute atomic E-state index is 12.3. The molecule has 1 N–H and O–H groups in total. The predicted octanol–water partition coefficient (Wildman–Crippen LogP) is 5.18. The van der Waals surface area contributed by atoms with Gasteiger partial charge in [-0.15, -0.1) is 11.8 Å². The second kappa shape index (κ2) is 8.47. The van der Waals surface area contributed by atoms with Crippen LogP contribution in [-0.2, 0) is 11.3 Å². The van der Waals surface area contributed by atoms with Crippen molar-refractivity contribution in [3.8, 4) is 0 Å². The largest absolute Gasteiger partial charge is 0.351 e. The molecule has 22 heavy (non-hydrogen) atoms. The van der Waals surface area contributed by atoms with Gasteiger partial charge in [0.2, 0.25) is 5.91 Å². The lowest BCUT2D eigenvalue weighted by Gasteiger charge is -2.15. The minimum atomic E-state index is -0.135. The highest BCUT2D eigenvalue weighted by Crippen LogP contribution is 2.27. The number of benzene rings is 2. The minimum Gasteiger partial charge on any atom is -0.351 e. The minimum absolute atomic E-state index is 0.0161. The van der Waals surface area contributed by atoms with Crippen molar-refractivity contribution in [1.82, 2.24) is 5.32 Å². The molecule has 0 spiro atoms. The Labute approximate surface area is 145 Å². The normalized spacial score (nSPS) is 12.0. The lowest BCUT2D eigenvalue weighted by molar-refractivity contribution is -0.120. The third-order valence-corrected chi connectivity index (χ3v) is 5.16. The van der Waals surface area contributed by atoms with Gasteiger partial charge in [0, 0.05) is 21.5 Å². The van der Waals surface area contributed by atoms with E-state index in [0.717, 1.165) is 16.9 Å². The standard InChI is InChI=1S/C17H17Cl2NOS/c1-2-16(22-14-9-7-13(18)8-10-14)17(21)20-11-12-5-3-4-6-15(12)19/h3-10,16H,2,11H2,1H3,(H,20,21)/t16-/m1/s1. The number of carbonyl (C=O) groups excluding carboxylic acids is 1. The van der Waals surface area contributed by atoms with E-state index in [2.05, 4.69) is 5.32 Å². The Morgan fingerprint density at radius 3 is 2.45 bits per heavy atom. The summed E-state index contributed by atoms with van der Waals surface area (Å²) in [6, 6.07) is 15.0. The molecule has 0 fully saturated rings.